The summed E-state index contributed by atoms with van der Waals surface area (Å²) in [5.41, 5.74) is 4.62. The SMILES string of the molecule is C=CCOC12Oc3ccc(OC(=O)Nc4ccc(OC)cc4OC)cc3C3C(CCCCO)C(CCCCO)C=C(C(=NOCc4ccccc4)CC1N(Cc1ccc4c(c1)OCO4)C(=O)CCC1CCCC1)C32. The highest BCUT2D eigenvalue weighted by atomic mass is 16.7. The fourth-order valence-electron chi connectivity index (χ4n) is 12.0. The van der Waals surface area contributed by atoms with E-state index in [2.05, 4.69) is 18.0 Å². The number of fused-ring (bicyclic) bond motifs is 3. The quantitative estimate of drug-likeness (QED) is 0.0345. The molecule has 15 heteroatoms. The normalized spacial score (nSPS) is 22.9. The van der Waals surface area contributed by atoms with Crippen LogP contribution in [0.15, 0.2) is 114 Å². The van der Waals surface area contributed by atoms with Crippen LogP contribution >= 0.6 is 0 Å². The molecule has 394 valence electrons. The van der Waals surface area contributed by atoms with Gasteiger partial charge < -0.3 is 53.1 Å². The zero-order valence-corrected chi connectivity index (χ0v) is 42.7. The number of oxime groups is 1. The topological polar surface area (TPSA) is 176 Å². The monoisotopic (exact) mass is 1010 g/mol. The molecule has 4 aromatic rings. The molecule has 0 spiro atoms. The third-order valence-electron chi connectivity index (χ3n) is 15.5. The number of anilines is 1. The molecule has 2 heterocycles. The summed E-state index contributed by atoms with van der Waals surface area (Å²) in [4.78, 5) is 37.5. The fraction of sp³-hybridized carbons (Fsp3) is 0.475. The van der Waals surface area contributed by atoms with Crippen LogP contribution in [0, 0.1) is 23.7 Å². The van der Waals surface area contributed by atoms with Crippen molar-refractivity contribution in [3.63, 3.8) is 0 Å². The zero-order valence-electron chi connectivity index (χ0n) is 42.7. The second-order valence-corrected chi connectivity index (χ2v) is 20.0. The van der Waals surface area contributed by atoms with Gasteiger partial charge in [0.2, 0.25) is 18.5 Å². The molecular weight excluding hydrogens is 943 g/mol. The van der Waals surface area contributed by atoms with E-state index < -0.39 is 23.8 Å². The number of benzene rings is 4. The van der Waals surface area contributed by atoms with Gasteiger partial charge in [-0.3, -0.25) is 10.1 Å². The number of unbranched alkanes of at least 4 members (excludes halogenated alkanes) is 2. The van der Waals surface area contributed by atoms with Crippen molar-refractivity contribution >= 4 is 23.4 Å². The number of aliphatic hydroxyl groups is 2. The average molecular weight is 1010 g/mol. The number of carbonyl (C=O) groups excluding carboxylic acids is 2. The first-order valence-corrected chi connectivity index (χ1v) is 26.4. The highest BCUT2D eigenvalue weighted by Crippen LogP contribution is 2.62. The van der Waals surface area contributed by atoms with E-state index in [0.29, 0.717) is 65.3 Å². The van der Waals surface area contributed by atoms with Crippen LogP contribution in [0.5, 0.6) is 34.5 Å². The molecule has 0 aromatic heterocycles. The Kier molecular flexibility index (Phi) is 17.4. The van der Waals surface area contributed by atoms with E-state index in [0.717, 1.165) is 67.2 Å². The van der Waals surface area contributed by atoms with Crippen molar-refractivity contribution in [3.8, 4) is 34.5 Å². The van der Waals surface area contributed by atoms with Gasteiger partial charge in [-0.15, -0.1) is 6.58 Å². The lowest BCUT2D eigenvalue weighted by atomic mass is 9.55. The minimum absolute atomic E-state index is 0.0105. The van der Waals surface area contributed by atoms with Crippen LogP contribution in [-0.4, -0.2) is 85.5 Å². The molecule has 74 heavy (non-hydrogen) atoms. The van der Waals surface area contributed by atoms with Crippen molar-refractivity contribution in [3.05, 3.63) is 126 Å². The van der Waals surface area contributed by atoms with Gasteiger partial charge in [0.1, 0.15) is 35.6 Å². The number of allylic oxidation sites excluding steroid dienone is 1. The largest absolute Gasteiger partial charge is 0.497 e. The van der Waals surface area contributed by atoms with E-state index in [-0.39, 0.29) is 75.6 Å². The molecule has 2 amide bonds. The van der Waals surface area contributed by atoms with Gasteiger partial charge in [0.15, 0.2) is 11.5 Å². The first kappa shape index (κ1) is 52.3. The van der Waals surface area contributed by atoms with Crippen LogP contribution in [0.1, 0.15) is 106 Å². The van der Waals surface area contributed by atoms with E-state index in [1.165, 1.54) is 20.0 Å². The number of aliphatic hydroxyl groups excluding tert-OH is 2. The summed E-state index contributed by atoms with van der Waals surface area (Å²) < 4.78 is 43.4. The first-order valence-electron chi connectivity index (χ1n) is 26.4. The number of amides is 2. The van der Waals surface area contributed by atoms with Crippen LogP contribution in [0.2, 0.25) is 0 Å². The summed E-state index contributed by atoms with van der Waals surface area (Å²) in [5.74, 6) is 1.03. The molecule has 3 N–H and O–H groups in total. The molecule has 4 aromatic carbocycles. The predicted molar refractivity (Wildman–Crippen MR) is 280 cm³/mol. The van der Waals surface area contributed by atoms with Crippen LogP contribution in [0.25, 0.3) is 0 Å². The Morgan fingerprint density at radius 3 is 2.39 bits per heavy atom. The summed E-state index contributed by atoms with van der Waals surface area (Å²) in [7, 11) is 3.07. The Bertz CT molecular complexity index is 2630. The van der Waals surface area contributed by atoms with Crippen molar-refractivity contribution in [1.29, 1.82) is 0 Å². The van der Waals surface area contributed by atoms with Crippen LogP contribution in [0.3, 0.4) is 0 Å². The van der Waals surface area contributed by atoms with E-state index in [1.807, 2.05) is 65.6 Å². The number of hydrogen-bond donors (Lipinski definition) is 3. The van der Waals surface area contributed by atoms with Crippen molar-refractivity contribution in [2.45, 2.75) is 114 Å². The second-order valence-electron chi connectivity index (χ2n) is 20.0. The molecule has 2 aliphatic heterocycles. The highest BCUT2D eigenvalue weighted by Gasteiger charge is 2.65. The summed E-state index contributed by atoms with van der Waals surface area (Å²) >= 11 is 0. The van der Waals surface area contributed by atoms with Crippen LogP contribution in [0.4, 0.5) is 10.5 Å². The lowest BCUT2D eigenvalue weighted by Gasteiger charge is -2.60. The number of carbonyl (C=O) groups is 2. The van der Waals surface area contributed by atoms with Crippen LogP contribution in [-0.2, 0) is 27.5 Å². The third-order valence-corrected chi connectivity index (χ3v) is 15.5. The Morgan fingerprint density at radius 1 is 0.851 bits per heavy atom. The highest BCUT2D eigenvalue weighted by molar-refractivity contribution is 6.03. The maximum Gasteiger partial charge on any atom is 0.417 e. The molecule has 0 radical (unpaired) electrons. The van der Waals surface area contributed by atoms with Crippen LogP contribution < -0.4 is 33.7 Å². The summed E-state index contributed by atoms with van der Waals surface area (Å²) in [6.45, 7) is 4.90. The molecule has 5 aliphatic rings. The van der Waals surface area contributed by atoms with E-state index >= 15 is 4.79 Å². The minimum Gasteiger partial charge on any atom is -0.497 e. The fourth-order valence-corrected chi connectivity index (χ4v) is 12.0. The molecule has 2 saturated carbocycles. The molecule has 3 aliphatic carbocycles. The standard InChI is InChI=1S/C59H71N3O12/c1-4-30-71-59-54(62(55(65)27-21-39-14-8-9-15-39)36-41-20-25-51-53(31-41)70-38-69-51)35-49(61-72-37-40-16-6-5-7-17-40)46-32-42(18-10-12-28-63)45(19-11-13-29-64)56(57(46)59)47-33-44(23-26-50(47)74-59)73-58(66)60-48-24-22-43(67-2)34-52(48)68-3/h4-7,16-17,20,22-26,31-34,39,42,45,54,56-57,63-64H,1,8-15,18-19,21,27-30,35-38H2,2-3H3,(H,60,66). The van der Waals surface area contributed by atoms with Gasteiger partial charge in [0, 0.05) is 50.1 Å². The van der Waals surface area contributed by atoms with Gasteiger partial charge in [-0.2, -0.15) is 0 Å². The maximum atomic E-state index is 15.5. The molecular formula is C59H71N3O12. The van der Waals surface area contributed by atoms with Crippen molar-refractivity contribution < 1.29 is 57.8 Å². The van der Waals surface area contributed by atoms with E-state index in [1.54, 1.807) is 37.5 Å². The van der Waals surface area contributed by atoms with Gasteiger partial charge in [-0.05, 0) is 109 Å². The third kappa shape index (κ3) is 11.7. The van der Waals surface area contributed by atoms with E-state index in [9.17, 15) is 15.0 Å². The molecule has 6 unspecified atom stereocenters. The van der Waals surface area contributed by atoms with E-state index in [4.69, 9.17) is 43.2 Å². The summed E-state index contributed by atoms with van der Waals surface area (Å²) in [5, 5.41) is 28.1. The van der Waals surface area contributed by atoms with Gasteiger partial charge in [0.25, 0.3) is 0 Å². The summed E-state index contributed by atoms with van der Waals surface area (Å²) in [6, 6.07) is 25.5. The van der Waals surface area contributed by atoms with Crippen molar-refractivity contribution in [2.75, 3.05) is 46.1 Å². The predicted octanol–water partition coefficient (Wildman–Crippen LogP) is 10.9. The molecule has 2 fully saturated rings. The minimum atomic E-state index is -1.49. The van der Waals surface area contributed by atoms with Gasteiger partial charge in [-0.1, -0.05) is 92.2 Å². The molecule has 9 rings (SSSR count). The second kappa shape index (κ2) is 24.7. The molecule has 0 bridgehead atoms. The van der Waals surface area contributed by atoms with Gasteiger partial charge in [0.05, 0.1) is 38.1 Å². The number of ether oxygens (including phenoxy) is 7. The number of methoxy groups -OCH3 is 2. The lowest BCUT2D eigenvalue weighted by molar-refractivity contribution is -0.258. The van der Waals surface area contributed by atoms with Crippen molar-refractivity contribution in [1.82, 2.24) is 4.90 Å². The van der Waals surface area contributed by atoms with Gasteiger partial charge >= 0.3 is 6.09 Å². The number of nitrogens with one attached hydrogen (secondary N) is 1. The smallest absolute Gasteiger partial charge is 0.417 e. The average Bonchev–Trinajstić information content (AvgIpc) is 4.13. The Morgan fingerprint density at radius 2 is 1.62 bits per heavy atom. The Balaban J connectivity index is 1.20. The maximum absolute atomic E-state index is 15.5. The van der Waals surface area contributed by atoms with Crippen molar-refractivity contribution in [2.24, 2.45) is 28.8 Å². The summed E-state index contributed by atoms with van der Waals surface area (Å²) in [6.07, 6.45) is 13.5. The number of nitrogens with zero attached hydrogens (tertiary/aromatic N) is 2. The molecule has 0 saturated heterocycles. The number of rotatable bonds is 24. The number of hydrogen-bond acceptors (Lipinski definition) is 13. The first-order chi connectivity index (χ1) is 36.2. The Hall–Kier alpha value is -6.55. The van der Waals surface area contributed by atoms with Gasteiger partial charge in [-0.25, -0.2) is 4.79 Å². The molecule has 15 nitrogen and oxygen atoms in total. The lowest BCUT2D eigenvalue weighted by Crippen LogP contribution is -2.70. The Labute approximate surface area is 434 Å². The zero-order chi connectivity index (χ0) is 51.4. The molecule has 6 atom stereocenters.